The highest BCUT2D eigenvalue weighted by atomic mass is 32.2. The normalized spacial score (nSPS) is 10.8. The van der Waals surface area contributed by atoms with E-state index in [-0.39, 0.29) is 17.7 Å². The second-order valence-corrected chi connectivity index (χ2v) is 7.72. The van der Waals surface area contributed by atoms with Crippen LogP contribution in [-0.2, 0) is 4.79 Å². The van der Waals surface area contributed by atoms with Crippen molar-refractivity contribution in [3.05, 3.63) is 54.6 Å². The van der Waals surface area contributed by atoms with Crippen LogP contribution in [0, 0.1) is 0 Å². The van der Waals surface area contributed by atoms with Gasteiger partial charge in [0.25, 0.3) is 0 Å². The number of hydrogen-bond donors (Lipinski definition) is 2. The van der Waals surface area contributed by atoms with E-state index in [0.29, 0.717) is 10.8 Å². The molecular weight excluding hydrogens is 386 g/mol. The highest BCUT2D eigenvalue weighted by Crippen LogP contribution is 2.33. The van der Waals surface area contributed by atoms with Crippen LogP contribution in [0.2, 0.25) is 0 Å². The van der Waals surface area contributed by atoms with Gasteiger partial charge in [-0.3, -0.25) is 10.1 Å². The summed E-state index contributed by atoms with van der Waals surface area (Å²) in [5.74, 6) is 0.429. The first-order valence-corrected chi connectivity index (χ1v) is 10.2. The molecule has 1 aromatic heterocycles. The zero-order chi connectivity index (χ0) is 20.8. The smallest absolute Gasteiger partial charge is 0.321 e. The first-order valence-electron chi connectivity index (χ1n) is 9.23. The lowest BCUT2D eigenvalue weighted by Crippen LogP contribution is -2.43. The molecule has 2 N–H and O–H groups in total. The van der Waals surface area contributed by atoms with E-state index in [0.717, 1.165) is 22.0 Å². The van der Waals surface area contributed by atoms with Gasteiger partial charge in [0, 0.05) is 17.5 Å². The minimum atomic E-state index is -0.494. The molecule has 0 radical (unpaired) electrons. The van der Waals surface area contributed by atoms with Gasteiger partial charge in [0.05, 0.1) is 23.4 Å². The summed E-state index contributed by atoms with van der Waals surface area (Å²) in [5, 5.41) is 6.66. The van der Waals surface area contributed by atoms with Crippen molar-refractivity contribution in [3.63, 3.8) is 0 Å². The van der Waals surface area contributed by atoms with Crippen molar-refractivity contribution in [3.8, 4) is 16.9 Å². The van der Waals surface area contributed by atoms with Gasteiger partial charge in [0.1, 0.15) is 5.75 Å². The van der Waals surface area contributed by atoms with E-state index in [1.54, 1.807) is 7.11 Å². The Labute approximate surface area is 174 Å². The third kappa shape index (κ3) is 5.48. The van der Waals surface area contributed by atoms with Crippen molar-refractivity contribution in [2.24, 2.45) is 0 Å². The monoisotopic (exact) mass is 409 g/mol. The van der Waals surface area contributed by atoms with Gasteiger partial charge in [-0.1, -0.05) is 42.1 Å². The Hall–Kier alpha value is -3.06. The van der Waals surface area contributed by atoms with Crippen LogP contribution in [-0.4, -0.2) is 35.8 Å². The Kier molecular flexibility index (Phi) is 6.72. The zero-order valence-corrected chi connectivity index (χ0v) is 17.4. The molecule has 0 spiro atoms. The molecule has 3 aromatic rings. The molecule has 150 valence electrons. The van der Waals surface area contributed by atoms with Crippen molar-refractivity contribution in [2.75, 3.05) is 12.9 Å². The predicted molar refractivity (Wildman–Crippen MR) is 116 cm³/mol. The molecule has 2 aromatic carbocycles. The molecule has 3 amide bonds. The summed E-state index contributed by atoms with van der Waals surface area (Å²) in [5.41, 5.74) is 2.87. The number of urea groups is 1. The molecule has 7 heteroatoms. The number of rotatable bonds is 6. The SMILES string of the molecule is COc1ccc2c(-c3ccccc3)cc(SCC(=O)NC(=O)NC(C)C)nc2c1. The Bertz CT molecular complexity index is 1020. The van der Waals surface area contributed by atoms with Crippen molar-refractivity contribution < 1.29 is 14.3 Å². The van der Waals surface area contributed by atoms with Crippen molar-refractivity contribution in [1.29, 1.82) is 0 Å². The third-order valence-electron chi connectivity index (χ3n) is 4.10. The van der Waals surface area contributed by atoms with Crippen LogP contribution in [0.4, 0.5) is 4.79 Å². The number of benzene rings is 2. The number of ether oxygens (including phenoxy) is 1. The fraction of sp³-hybridized carbons (Fsp3) is 0.227. The predicted octanol–water partition coefficient (Wildman–Crippen LogP) is 4.24. The average molecular weight is 410 g/mol. The number of aromatic nitrogens is 1. The van der Waals surface area contributed by atoms with Gasteiger partial charge in [-0.05, 0) is 43.2 Å². The van der Waals surface area contributed by atoms with Gasteiger partial charge >= 0.3 is 6.03 Å². The maximum atomic E-state index is 12.1. The van der Waals surface area contributed by atoms with Crippen LogP contribution in [0.1, 0.15) is 13.8 Å². The van der Waals surface area contributed by atoms with Gasteiger partial charge < -0.3 is 10.1 Å². The highest BCUT2D eigenvalue weighted by molar-refractivity contribution is 7.99. The Balaban J connectivity index is 1.86. The minimum absolute atomic E-state index is 0.0407. The molecule has 0 aliphatic rings. The van der Waals surface area contributed by atoms with Crippen LogP contribution in [0.5, 0.6) is 5.75 Å². The molecule has 0 saturated heterocycles. The summed E-state index contributed by atoms with van der Waals surface area (Å²) >= 11 is 1.28. The number of methoxy groups -OCH3 is 1. The topological polar surface area (TPSA) is 80.3 Å². The van der Waals surface area contributed by atoms with E-state index in [4.69, 9.17) is 4.74 Å². The lowest BCUT2D eigenvalue weighted by molar-refractivity contribution is -0.117. The molecule has 0 bridgehead atoms. The Morgan fingerprint density at radius 2 is 1.86 bits per heavy atom. The van der Waals surface area contributed by atoms with E-state index in [1.165, 1.54) is 11.8 Å². The summed E-state index contributed by atoms with van der Waals surface area (Å²) in [6, 6.07) is 17.2. The summed E-state index contributed by atoms with van der Waals surface area (Å²) < 4.78 is 5.33. The molecular formula is C22H23N3O3S. The number of imide groups is 1. The van der Waals surface area contributed by atoms with Crippen LogP contribution in [0.3, 0.4) is 0 Å². The van der Waals surface area contributed by atoms with Crippen molar-refractivity contribution >= 4 is 34.6 Å². The van der Waals surface area contributed by atoms with Gasteiger partial charge in [-0.2, -0.15) is 0 Å². The number of nitrogens with one attached hydrogen (secondary N) is 2. The Morgan fingerprint density at radius 1 is 1.10 bits per heavy atom. The molecule has 0 fully saturated rings. The van der Waals surface area contributed by atoms with Gasteiger partial charge in [-0.25, -0.2) is 9.78 Å². The summed E-state index contributed by atoms with van der Waals surface area (Å²) in [6.45, 7) is 3.66. The number of carbonyl (C=O) groups excluding carboxylic acids is 2. The summed E-state index contributed by atoms with van der Waals surface area (Å²) in [7, 11) is 1.62. The number of pyridine rings is 1. The van der Waals surface area contributed by atoms with Crippen LogP contribution >= 0.6 is 11.8 Å². The number of hydrogen-bond acceptors (Lipinski definition) is 5. The first kappa shape index (κ1) is 20.7. The lowest BCUT2D eigenvalue weighted by Gasteiger charge is -2.11. The fourth-order valence-corrected chi connectivity index (χ4v) is 3.56. The van der Waals surface area contributed by atoms with Crippen LogP contribution < -0.4 is 15.4 Å². The molecule has 0 atom stereocenters. The molecule has 1 heterocycles. The van der Waals surface area contributed by atoms with Crippen LogP contribution in [0.25, 0.3) is 22.0 Å². The second kappa shape index (κ2) is 9.43. The molecule has 0 aliphatic heterocycles. The maximum Gasteiger partial charge on any atom is 0.321 e. The highest BCUT2D eigenvalue weighted by Gasteiger charge is 2.13. The summed E-state index contributed by atoms with van der Waals surface area (Å²) in [4.78, 5) is 28.4. The van der Waals surface area contributed by atoms with E-state index in [1.807, 2.05) is 68.4 Å². The molecule has 0 saturated carbocycles. The van der Waals surface area contributed by atoms with Gasteiger partial charge in [-0.15, -0.1) is 0 Å². The van der Waals surface area contributed by atoms with E-state index >= 15 is 0 Å². The second-order valence-electron chi connectivity index (χ2n) is 6.72. The number of nitrogens with zero attached hydrogens (tertiary/aromatic N) is 1. The third-order valence-corrected chi connectivity index (χ3v) is 5.01. The quantitative estimate of drug-likeness (QED) is 0.596. The van der Waals surface area contributed by atoms with E-state index in [9.17, 15) is 9.59 Å². The largest absolute Gasteiger partial charge is 0.497 e. The molecule has 0 unspecified atom stereocenters. The van der Waals surface area contributed by atoms with E-state index < -0.39 is 6.03 Å². The average Bonchev–Trinajstić information content (AvgIpc) is 2.71. The van der Waals surface area contributed by atoms with Gasteiger partial charge in [0.2, 0.25) is 5.91 Å². The number of thioether (sulfide) groups is 1. The standard InChI is InChI=1S/C22H23N3O3S/c1-14(2)23-22(27)25-20(26)13-29-21-12-18(15-7-5-4-6-8-15)17-10-9-16(28-3)11-19(17)24-21/h4-12,14H,13H2,1-3H3,(H2,23,25,26,27). The van der Waals surface area contributed by atoms with Gasteiger partial charge in [0.15, 0.2) is 0 Å². The van der Waals surface area contributed by atoms with Crippen molar-refractivity contribution in [1.82, 2.24) is 15.6 Å². The Morgan fingerprint density at radius 3 is 2.55 bits per heavy atom. The lowest BCUT2D eigenvalue weighted by atomic mass is 10.0. The zero-order valence-electron chi connectivity index (χ0n) is 16.6. The molecule has 29 heavy (non-hydrogen) atoms. The number of carbonyl (C=O) groups is 2. The molecule has 0 aliphatic carbocycles. The van der Waals surface area contributed by atoms with Crippen LogP contribution in [0.15, 0.2) is 59.6 Å². The fourth-order valence-electron chi connectivity index (χ4n) is 2.84. The molecule has 3 rings (SSSR count). The summed E-state index contributed by atoms with van der Waals surface area (Å²) in [6.07, 6.45) is 0. The molecule has 6 nitrogen and oxygen atoms in total. The van der Waals surface area contributed by atoms with Crippen molar-refractivity contribution in [2.45, 2.75) is 24.9 Å². The first-order chi connectivity index (χ1) is 14.0. The number of amides is 3. The van der Waals surface area contributed by atoms with E-state index in [2.05, 4.69) is 15.6 Å². The number of fused-ring (bicyclic) bond motifs is 1. The minimum Gasteiger partial charge on any atom is -0.497 e. The maximum absolute atomic E-state index is 12.1.